The Bertz CT molecular complexity index is 835. The molecule has 3 heteroatoms. The van der Waals surface area contributed by atoms with Crippen LogP contribution in [0.15, 0.2) is 63.1 Å². The van der Waals surface area contributed by atoms with Crippen molar-refractivity contribution in [2.75, 3.05) is 0 Å². The van der Waals surface area contributed by atoms with Crippen LogP contribution in [0, 0.1) is 0 Å². The van der Waals surface area contributed by atoms with Crippen LogP contribution in [0.4, 0.5) is 0 Å². The standard InChI is InChI=1S/C15H9NOS/c17-14-8-10-9-4-1-2-6-12(9)18-13-7-3-5-11(16-14)15(10)13/h1-8H,(H,16,17). The van der Waals surface area contributed by atoms with Crippen molar-refractivity contribution in [3.63, 3.8) is 0 Å². The molecule has 0 saturated heterocycles. The van der Waals surface area contributed by atoms with Gasteiger partial charge in [-0.1, -0.05) is 36.0 Å². The summed E-state index contributed by atoms with van der Waals surface area (Å²) in [5, 5.41) is 1.15. The normalized spacial score (nSPS) is 12.4. The molecule has 2 aromatic carbocycles. The van der Waals surface area contributed by atoms with E-state index in [-0.39, 0.29) is 5.56 Å². The fourth-order valence-electron chi connectivity index (χ4n) is 2.48. The van der Waals surface area contributed by atoms with Gasteiger partial charge in [-0.25, -0.2) is 0 Å². The first-order valence-electron chi connectivity index (χ1n) is 5.76. The van der Waals surface area contributed by atoms with Gasteiger partial charge in [0.05, 0.1) is 5.52 Å². The first-order chi connectivity index (χ1) is 8.83. The summed E-state index contributed by atoms with van der Waals surface area (Å²) in [6, 6.07) is 16.0. The topological polar surface area (TPSA) is 32.9 Å². The summed E-state index contributed by atoms with van der Waals surface area (Å²) in [7, 11) is 0. The molecule has 4 rings (SSSR count). The van der Waals surface area contributed by atoms with Crippen molar-refractivity contribution in [2.24, 2.45) is 0 Å². The van der Waals surface area contributed by atoms with Crippen molar-refractivity contribution in [3.05, 3.63) is 58.9 Å². The Morgan fingerprint density at radius 1 is 0.889 bits per heavy atom. The smallest absolute Gasteiger partial charge is 0.249 e. The molecule has 0 aliphatic carbocycles. The lowest BCUT2D eigenvalue weighted by Crippen LogP contribution is -2.06. The molecule has 1 N–H and O–H groups in total. The van der Waals surface area contributed by atoms with Gasteiger partial charge >= 0.3 is 0 Å². The van der Waals surface area contributed by atoms with Crippen LogP contribution in [0.2, 0.25) is 0 Å². The summed E-state index contributed by atoms with van der Waals surface area (Å²) in [4.78, 5) is 17.1. The van der Waals surface area contributed by atoms with Gasteiger partial charge in [-0.2, -0.15) is 0 Å². The van der Waals surface area contributed by atoms with Crippen LogP contribution in [0.5, 0.6) is 0 Å². The molecule has 0 saturated carbocycles. The van der Waals surface area contributed by atoms with Crippen molar-refractivity contribution in [1.82, 2.24) is 4.98 Å². The number of rotatable bonds is 0. The minimum absolute atomic E-state index is 0.0450. The molecule has 3 aromatic rings. The average Bonchev–Trinajstić information content (AvgIpc) is 2.38. The van der Waals surface area contributed by atoms with Gasteiger partial charge in [0.15, 0.2) is 0 Å². The highest BCUT2D eigenvalue weighted by atomic mass is 32.2. The Labute approximate surface area is 108 Å². The van der Waals surface area contributed by atoms with E-state index in [1.54, 1.807) is 17.8 Å². The number of fused-ring (bicyclic) bond motifs is 2. The molecule has 1 aliphatic rings. The van der Waals surface area contributed by atoms with Gasteiger partial charge < -0.3 is 4.98 Å². The van der Waals surface area contributed by atoms with Crippen LogP contribution in [0.3, 0.4) is 0 Å². The van der Waals surface area contributed by atoms with Gasteiger partial charge in [0.2, 0.25) is 5.56 Å². The largest absolute Gasteiger partial charge is 0.322 e. The first-order valence-corrected chi connectivity index (χ1v) is 6.58. The number of hydrogen-bond donors (Lipinski definition) is 1. The fraction of sp³-hybridized carbons (Fsp3) is 0. The fourth-order valence-corrected chi connectivity index (χ4v) is 3.62. The maximum absolute atomic E-state index is 11.7. The van der Waals surface area contributed by atoms with Crippen molar-refractivity contribution in [2.45, 2.75) is 9.79 Å². The van der Waals surface area contributed by atoms with Gasteiger partial charge in [-0.3, -0.25) is 4.79 Å². The zero-order valence-corrected chi connectivity index (χ0v) is 10.3. The quantitative estimate of drug-likeness (QED) is 0.517. The predicted molar refractivity (Wildman–Crippen MR) is 74.1 cm³/mol. The Morgan fingerprint density at radius 3 is 2.67 bits per heavy atom. The number of benzene rings is 2. The van der Waals surface area contributed by atoms with Gasteiger partial charge in [0.1, 0.15) is 0 Å². The molecule has 2 nitrogen and oxygen atoms in total. The molecule has 1 aliphatic heterocycles. The minimum atomic E-state index is -0.0450. The average molecular weight is 251 g/mol. The number of H-pyrrole nitrogens is 1. The second-order valence-corrected chi connectivity index (χ2v) is 5.41. The highest BCUT2D eigenvalue weighted by Crippen LogP contribution is 2.46. The van der Waals surface area contributed by atoms with E-state index in [1.807, 2.05) is 24.3 Å². The number of hydrogen-bond acceptors (Lipinski definition) is 2. The van der Waals surface area contributed by atoms with Gasteiger partial charge in [0, 0.05) is 21.2 Å². The second kappa shape index (κ2) is 3.50. The molecular formula is C15H9NOS. The summed E-state index contributed by atoms with van der Waals surface area (Å²) < 4.78 is 0. The van der Waals surface area contributed by atoms with Gasteiger partial charge in [0.25, 0.3) is 0 Å². The zero-order valence-electron chi connectivity index (χ0n) is 9.44. The molecule has 18 heavy (non-hydrogen) atoms. The van der Waals surface area contributed by atoms with E-state index in [2.05, 4.69) is 23.2 Å². The van der Waals surface area contributed by atoms with E-state index < -0.39 is 0 Å². The zero-order chi connectivity index (χ0) is 12.1. The maximum Gasteiger partial charge on any atom is 0.249 e. The minimum Gasteiger partial charge on any atom is -0.322 e. The number of aromatic amines is 1. The third-order valence-corrected chi connectivity index (χ3v) is 4.36. The van der Waals surface area contributed by atoms with E-state index >= 15 is 0 Å². The maximum atomic E-state index is 11.7. The van der Waals surface area contributed by atoms with Crippen molar-refractivity contribution in [3.8, 4) is 11.1 Å². The third kappa shape index (κ3) is 1.28. The SMILES string of the molecule is O=c1cc2c3c(cccc3[nH]1)Sc1ccccc1-2. The van der Waals surface area contributed by atoms with Crippen molar-refractivity contribution in [1.29, 1.82) is 0 Å². The molecule has 0 fully saturated rings. The lowest BCUT2D eigenvalue weighted by Gasteiger charge is -2.19. The Balaban J connectivity index is 2.26. The molecule has 0 bridgehead atoms. The molecule has 1 aromatic heterocycles. The summed E-state index contributed by atoms with van der Waals surface area (Å²) in [6.45, 7) is 0. The Hall–Kier alpha value is -2.00. The lowest BCUT2D eigenvalue weighted by atomic mass is 10.0. The van der Waals surface area contributed by atoms with Crippen LogP contribution < -0.4 is 5.56 Å². The number of pyridine rings is 1. The Morgan fingerprint density at radius 2 is 1.72 bits per heavy atom. The van der Waals surface area contributed by atoms with Crippen molar-refractivity contribution < 1.29 is 0 Å². The van der Waals surface area contributed by atoms with Crippen LogP contribution in [-0.4, -0.2) is 4.98 Å². The van der Waals surface area contributed by atoms with Crippen LogP contribution in [-0.2, 0) is 0 Å². The summed E-state index contributed by atoms with van der Waals surface area (Å²) in [5.74, 6) is 0. The molecule has 0 radical (unpaired) electrons. The molecule has 0 amide bonds. The molecule has 0 unspecified atom stereocenters. The van der Waals surface area contributed by atoms with E-state index in [1.165, 1.54) is 9.79 Å². The molecule has 0 atom stereocenters. The van der Waals surface area contributed by atoms with E-state index in [9.17, 15) is 4.79 Å². The summed E-state index contributed by atoms with van der Waals surface area (Å²) in [5.41, 5.74) is 3.06. The first kappa shape index (κ1) is 9.97. The highest BCUT2D eigenvalue weighted by molar-refractivity contribution is 7.99. The summed E-state index contributed by atoms with van der Waals surface area (Å²) in [6.07, 6.45) is 0. The van der Waals surface area contributed by atoms with Crippen LogP contribution in [0.1, 0.15) is 0 Å². The van der Waals surface area contributed by atoms with E-state index in [0.29, 0.717) is 0 Å². The highest BCUT2D eigenvalue weighted by Gasteiger charge is 2.18. The van der Waals surface area contributed by atoms with Gasteiger partial charge in [-0.05, 0) is 29.3 Å². The van der Waals surface area contributed by atoms with E-state index in [0.717, 1.165) is 22.0 Å². The third-order valence-electron chi connectivity index (χ3n) is 3.23. The van der Waals surface area contributed by atoms with Crippen LogP contribution >= 0.6 is 11.8 Å². The Kier molecular flexibility index (Phi) is 1.94. The van der Waals surface area contributed by atoms with Gasteiger partial charge in [-0.15, -0.1) is 0 Å². The monoisotopic (exact) mass is 251 g/mol. The number of aromatic nitrogens is 1. The predicted octanol–water partition coefficient (Wildman–Crippen LogP) is 3.66. The number of nitrogens with one attached hydrogen (secondary N) is 1. The lowest BCUT2D eigenvalue weighted by molar-refractivity contribution is 1.28. The molecular weight excluding hydrogens is 242 g/mol. The van der Waals surface area contributed by atoms with Crippen molar-refractivity contribution >= 4 is 22.7 Å². The summed E-state index contributed by atoms with van der Waals surface area (Å²) >= 11 is 1.76. The van der Waals surface area contributed by atoms with E-state index in [4.69, 9.17) is 0 Å². The molecule has 2 heterocycles. The van der Waals surface area contributed by atoms with Crippen LogP contribution in [0.25, 0.3) is 22.0 Å². The molecule has 86 valence electrons. The molecule has 0 spiro atoms. The second-order valence-electron chi connectivity index (χ2n) is 4.32.